The second-order valence-electron chi connectivity index (χ2n) is 3.77. The van der Waals surface area contributed by atoms with E-state index in [1.54, 1.807) is 12.1 Å². The maximum atomic E-state index is 11.3. The summed E-state index contributed by atoms with van der Waals surface area (Å²) in [5.74, 6) is 0. The highest BCUT2D eigenvalue weighted by Crippen LogP contribution is 2.24. The van der Waals surface area contributed by atoms with Gasteiger partial charge in [0.2, 0.25) is 0 Å². The Balaban J connectivity index is 2.79. The van der Waals surface area contributed by atoms with E-state index in [9.17, 15) is 13.0 Å². The van der Waals surface area contributed by atoms with Gasteiger partial charge in [-0.3, -0.25) is 4.55 Å². The van der Waals surface area contributed by atoms with Crippen molar-refractivity contribution < 1.29 is 13.0 Å². The standard InChI is InChI=1S/C13H12O3S/c1-2-5-12-8-10-6-3-4-7-11(10)9-13(12)17(14,15)16/h2-4,6-9H,1,5H2,(H,14,15,16). The minimum absolute atomic E-state index is 0.0453. The monoisotopic (exact) mass is 248 g/mol. The van der Waals surface area contributed by atoms with Crippen molar-refractivity contribution in [2.75, 3.05) is 0 Å². The van der Waals surface area contributed by atoms with Crippen LogP contribution in [0.3, 0.4) is 0 Å². The Hall–Kier alpha value is -1.65. The summed E-state index contributed by atoms with van der Waals surface area (Å²) in [6, 6.07) is 10.7. The minimum Gasteiger partial charge on any atom is -0.282 e. The lowest BCUT2D eigenvalue weighted by Gasteiger charge is -2.07. The Labute approximate surface area is 100 Å². The number of allylic oxidation sites excluding steroid dienone is 1. The lowest BCUT2D eigenvalue weighted by atomic mass is 10.1. The Kier molecular flexibility index (Phi) is 3.00. The molecule has 0 unspecified atom stereocenters. The summed E-state index contributed by atoms with van der Waals surface area (Å²) in [6.07, 6.45) is 2.01. The van der Waals surface area contributed by atoms with Gasteiger partial charge in [-0.1, -0.05) is 30.3 Å². The number of fused-ring (bicyclic) bond motifs is 1. The maximum absolute atomic E-state index is 11.3. The first-order chi connectivity index (χ1) is 8.02. The zero-order chi connectivity index (χ0) is 12.5. The molecule has 0 amide bonds. The fourth-order valence-corrected chi connectivity index (χ4v) is 2.57. The molecule has 0 aliphatic rings. The molecule has 0 heterocycles. The van der Waals surface area contributed by atoms with Gasteiger partial charge in [0.1, 0.15) is 0 Å². The normalized spacial score (nSPS) is 11.6. The van der Waals surface area contributed by atoms with E-state index >= 15 is 0 Å². The summed E-state index contributed by atoms with van der Waals surface area (Å²) < 4.78 is 31.8. The van der Waals surface area contributed by atoms with E-state index in [2.05, 4.69) is 6.58 Å². The molecule has 4 heteroatoms. The second-order valence-corrected chi connectivity index (χ2v) is 5.16. The van der Waals surface area contributed by atoms with Crippen molar-refractivity contribution in [1.29, 1.82) is 0 Å². The third-order valence-corrected chi connectivity index (χ3v) is 3.51. The van der Waals surface area contributed by atoms with Gasteiger partial charge in [-0.15, -0.1) is 6.58 Å². The van der Waals surface area contributed by atoms with E-state index in [0.717, 1.165) is 10.8 Å². The van der Waals surface area contributed by atoms with Crippen molar-refractivity contribution in [3.05, 3.63) is 54.6 Å². The van der Waals surface area contributed by atoms with Gasteiger partial charge in [0.15, 0.2) is 0 Å². The van der Waals surface area contributed by atoms with Gasteiger partial charge in [0.25, 0.3) is 10.1 Å². The highest BCUT2D eigenvalue weighted by molar-refractivity contribution is 7.85. The predicted octanol–water partition coefficient (Wildman–Crippen LogP) is 2.82. The first kappa shape index (κ1) is 11.8. The van der Waals surface area contributed by atoms with Crippen LogP contribution in [0.25, 0.3) is 10.8 Å². The van der Waals surface area contributed by atoms with Gasteiger partial charge in [-0.25, -0.2) is 0 Å². The molecule has 0 aliphatic carbocycles. The molecule has 0 spiro atoms. The third kappa shape index (κ3) is 2.38. The van der Waals surface area contributed by atoms with Gasteiger partial charge in [0.05, 0.1) is 4.90 Å². The topological polar surface area (TPSA) is 54.4 Å². The molecular weight excluding hydrogens is 236 g/mol. The first-order valence-electron chi connectivity index (χ1n) is 5.12. The fourth-order valence-electron chi connectivity index (χ4n) is 1.82. The van der Waals surface area contributed by atoms with E-state index in [0.29, 0.717) is 12.0 Å². The largest absolute Gasteiger partial charge is 0.294 e. The Bertz CT molecular complexity index is 672. The van der Waals surface area contributed by atoms with Gasteiger partial charge in [-0.2, -0.15) is 8.42 Å². The van der Waals surface area contributed by atoms with Crippen LogP contribution in [0.5, 0.6) is 0 Å². The molecule has 2 aromatic carbocycles. The van der Waals surface area contributed by atoms with Gasteiger partial charge >= 0.3 is 0 Å². The number of hydrogen-bond acceptors (Lipinski definition) is 2. The first-order valence-corrected chi connectivity index (χ1v) is 6.56. The van der Waals surface area contributed by atoms with Crippen molar-refractivity contribution in [3.63, 3.8) is 0 Å². The summed E-state index contributed by atoms with van der Waals surface area (Å²) in [4.78, 5) is -0.0453. The zero-order valence-corrected chi connectivity index (χ0v) is 9.94. The van der Waals surface area contributed by atoms with Gasteiger partial charge in [-0.05, 0) is 34.9 Å². The van der Waals surface area contributed by atoms with E-state index in [-0.39, 0.29) is 4.90 Å². The molecule has 2 aromatic rings. The van der Waals surface area contributed by atoms with Gasteiger partial charge < -0.3 is 0 Å². The fraction of sp³-hybridized carbons (Fsp3) is 0.0769. The van der Waals surface area contributed by atoms with Crippen LogP contribution in [0.1, 0.15) is 5.56 Å². The quantitative estimate of drug-likeness (QED) is 0.671. The van der Waals surface area contributed by atoms with E-state index < -0.39 is 10.1 Å². The minimum atomic E-state index is -4.19. The van der Waals surface area contributed by atoms with Crippen LogP contribution >= 0.6 is 0 Å². The maximum Gasteiger partial charge on any atom is 0.294 e. The summed E-state index contributed by atoms with van der Waals surface area (Å²) >= 11 is 0. The Morgan fingerprint density at radius 2 is 1.76 bits per heavy atom. The smallest absolute Gasteiger partial charge is 0.282 e. The van der Waals surface area contributed by atoms with Crippen molar-refractivity contribution in [2.45, 2.75) is 11.3 Å². The average molecular weight is 248 g/mol. The summed E-state index contributed by atoms with van der Waals surface area (Å²) in [5.41, 5.74) is 0.557. The molecule has 88 valence electrons. The lowest BCUT2D eigenvalue weighted by molar-refractivity contribution is 0.482. The Morgan fingerprint density at radius 1 is 1.18 bits per heavy atom. The average Bonchev–Trinajstić information content (AvgIpc) is 2.27. The summed E-state index contributed by atoms with van der Waals surface area (Å²) in [5, 5.41) is 1.73. The molecule has 0 radical (unpaired) electrons. The molecular formula is C13H12O3S. The van der Waals surface area contributed by atoms with Crippen LogP contribution < -0.4 is 0 Å². The molecule has 0 aliphatic heterocycles. The van der Waals surface area contributed by atoms with Gasteiger partial charge in [0, 0.05) is 0 Å². The molecule has 17 heavy (non-hydrogen) atoms. The molecule has 0 fully saturated rings. The van der Waals surface area contributed by atoms with Crippen LogP contribution in [-0.4, -0.2) is 13.0 Å². The van der Waals surface area contributed by atoms with E-state index in [1.165, 1.54) is 6.07 Å². The van der Waals surface area contributed by atoms with Crippen LogP contribution in [0, 0.1) is 0 Å². The molecule has 3 nitrogen and oxygen atoms in total. The number of rotatable bonds is 3. The number of benzene rings is 2. The molecule has 0 aromatic heterocycles. The van der Waals surface area contributed by atoms with Crippen LogP contribution in [0.15, 0.2) is 53.9 Å². The number of hydrogen-bond donors (Lipinski definition) is 1. The molecule has 0 saturated heterocycles. The third-order valence-electron chi connectivity index (χ3n) is 2.57. The van der Waals surface area contributed by atoms with Crippen molar-refractivity contribution >= 4 is 20.9 Å². The summed E-state index contributed by atoms with van der Waals surface area (Å²) in [7, 11) is -4.19. The van der Waals surface area contributed by atoms with Crippen LogP contribution in [0.2, 0.25) is 0 Å². The molecule has 0 saturated carbocycles. The van der Waals surface area contributed by atoms with E-state index in [4.69, 9.17) is 0 Å². The summed E-state index contributed by atoms with van der Waals surface area (Å²) in [6.45, 7) is 3.58. The second kappa shape index (κ2) is 4.31. The van der Waals surface area contributed by atoms with Crippen molar-refractivity contribution in [3.8, 4) is 0 Å². The van der Waals surface area contributed by atoms with Crippen LogP contribution in [0.4, 0.5) is 0 Å². The molecule has 0 atom stereocenters. The predicted molar refractivity (Wildman–Crippen MR) is 67.7 cm³/mol. The SMILES string of the molecule is C=CCc1cc2ccccc2cc1S(=O)(=O)O. The molecule has 2 rings (SSSR count). The highest BCUT2D eigenvalue weighted by atomic mass is 32.2. The van der Waals surface area contributed by atoms with E-state index in [1.807, 2.05) is 24.3 Å². The highest BCUT2D eigenvalue weighted by Gasteiger charge is 2.15. The van der Waals surface area contributed by atoms with Crippen molar-refractivity contribution in [2.24, 2.45) is 0 Å². The lowest BCUT2D eigenvalue weighted by Crippen LogP contribution is -2.02. The zero-order valence-electron chi connectivity index (χ0n) is 9.13. The molecule has 0 bridgehead atoms. The Morgan fingerprint density at radius 3 is 2.29 bits per heavy atom. The van der Waals surface area contributed by atoms with Crippen molar-refractivity contribution in [1.82, 2.24) is 0 Å². The molecule has 1 N–H and O–H groups in total. The van der Waals surface area contributed by atoms with Crippen LogP contribution in [-0.2, 0) is 16.5 Å².